The second kappa shape index (κ2) is 5.05. The Hall–Kier alpha value is -1.62. The van der Waals surface area contributed by atoms with Crippen LogP contribution in [0.15, 0.2) is 16.5 Å². The summed E-state index contributed by atoms with van der Waals surface area (Å²) in [7, 11) is 0. The van der Waals surface area contributed by atoms with Gasteiger partial charge in [0.05, 0.1) is 10.4 Å². The molecule has 0 fully saturated rings. The molecule has 2 aromatic rings. The maximum absolute atomic E-state index is 13.2. The minimum absolute atomic E-state index is 0.109. The molecule has 0 aliphatic heterocycles. The molecule has 0 radical (unpaired) electrons. The molecule has 0 saturated carbocycles. The van der Waals surface area contributed by atoms with E-state index in [1.165, 1.54) is 6.07 Å². The fourth-order valence-corrected chi connectivity index (χ4v) is 2.16. The topological polar surface area (TPSA) is 63.3 Å². The fourth-order valence-electron chi connectivity index (χ4n) is 1.92. The quantitative estimate of drug-likeness (QED) is 0.929. The third kappa shape index (κ3) is 2.50. The van der Waals surface area contributed by atoms with Crippen LogP contribution in [0.2, 0.25) is 5.02 Å². The lowest BCUT2D eigenvalue weighted by Gasteiger charge is -2.27. The summed E-state index contributed by atoms with van der Waals surface area (Å²) < 4.78 is 18.7. The van der Waals surface area contributed by atoms with Crippen molar-refractivity contribution in [1.29, 1.82) is 0 Å². The lowest BCUT2D eigenvalue weighted by molar-refractivity contribution is -0.150. The van der Waals surface area contributed by atoms with Crippen LogP contribution in [-0.4, -0.2) is 16.1 Å². The van der Waals surface area contributed by atoms with E-state index in [0.29, 0.717) is 5.52 Å². The van der Waals surface area contributed by atoms with E-state index in [1.54, 1.807) is 6.92 Å². The molecule has 1 unspecified atom stereocenters. The summed E-state index contributed by atoms with van der Waals surface area (Å²) in [5, 5.41) is 9.51. The van der Waals surface area contributed by atoms with E-state index < -0.39 is 17.2 Å². The van der Waals surface area contributed by atoms with Crippen molar-refractivity contribution in [2.75, 3.05) is 0 Å². The third-order valence-electron chi connectivity index (χ3n) is 3.74. The average Bonchev–Trinajstić information content (AvgIpc) is 2.70. The van der Waals surface area contributed by atoms with Crippen molar-refractivity contribution in [3.63, 3.8) is 0 Å². The van der Waals surface area contributed by atoms with E-state index in [-0.39, 0.29) is 28.8 Å². The summed E-state index contributed by atoms with van der Waals surface area (Å²) in [5.74, 6) is -1.30. The van der Waals surface area contributed by atoms with Crippen LogP contribution in [0.5, 0.6) is 0 Å². The van der Waals surface area contributed by atoms with Gasteiger partial charge in [-0.05, 0) is 18.9 Å². The minimum Gasteiger partial charge on any atom is -0.481 e. The van der Waals surface area contributed by atoms with E-state index in [2.05, 4.69) is 4.98 Å². The van der Waals surface area contributed by atoms with Gasteiger partial charge in [0.15, 0.2) is 11.5 Å². The summed E-state index contributed by atoms with van der Waals surface area (Å²) in [6, 6.07) is 2.35. The van der Waals surface area contributed by atoms with Gasteiger partial charge in [-0.1, -0.05) is 25.4 Å². The van der Waals surface area contributed by atoms with Crippen LogP contribution in [0.25, 0.3) is 11.1 Å². The molecular formula is C14H15ClFNO3. The molecule has 1 N–H and O–H groups in total. The van der Waals surface area contributed by atoms with Gasteiger partial charge < -0.3 is 9.52 Å². The second-order valence-corrected chi connectivity index (χ2v) is 5.80. The highest BCUT2D eigenvalue weighted by Gasteiger charge is 2.38. The highest BCUT2D eigenvalue weighted by atomic mass is 35.5. The van der Waals surface area contributed by atoms with E-state index in [4.69, 9.17) is 16.0 Å². The Labute approximate surface area is 120 Å². The molecule has 2 rings (SSSR count). The molecule has 4 nitrogen and oxygen atoms in total. The van der Waals surface area contributed by atoms with Gasteiger partial charge >= 0.3 is 5.97 Å². The molecule has 0 saturated heterocycles. The number of carboxylic acids is 1. The van der Waals surface area contributed by atoms with Gasteiger partial charge in [0.1, 0.15) is 11.3 Å². The second-order valence-electron chi connectivity index (χ2n) is 5.40. The third-order valence-corrected chi connectivity index (χ3v) is 4.02. The number of carbonyl (C=O) groups is 1. The first-order chi connectivity index (χ1) is 9.24. The summed E-state index contributed by atoms with van der Waals surface area (Å²) in [6.45, 7) is 5.28. The Kier molecular flexibility index (Phi) is 3.73. The number of nitrogens with zero attached hydrogens (tertiary/aromatic N) is 1. The van der Waals surface area contributed by atoms with E-state index in [0.717, 1.165) is 6.07 Å². The molecule has 0 spiro atoms. The van der Waals surface area contributed by atoms with Crippen LogP contribution in [0.4, 0.5) is 4.39 Å². The number of oxazole rings is 1. The first-order valence-corrected chi connectivity index (χ1v) is 6.59. The summed E-state index contributed by atoms with van der Waals surface area (Å²) in [6.07, 6.45) is 0.118. The van der Waals surface area contributed by atoms with Crippen LogP contribution in [-0.2, 0) is 11.2 Å². The average molecular weight is 300 g/mol. The van der Waals surface area contributed by atoms with Crippen molar-refractivity contribution in [2.45, 2.75) is 27.2 Å². The Morgan fingerprint density at radius 3 is 2.75 bits per heavy atom. The number of hydrogen-bond acceptors (Lipinski definition) is 3. The van der Waals surface area contributed by atoms with Crippen molar-refractivity contribution in [3.05, 3.63) is 28.9 Å². The predicted molar refractivity (Wildman–Crippen MR) is 73.3 cm³/mol. The maximum Gasteiger partial charge on any atom is 0.310 e. The SMILES string of the molecule is CC(C)C(C)(Cc1nc2cc(F)cc(Cl)c2o1)C(=O)O. The number of aromatic nitrogens is 1. The van der Waals surface area contributed by atoms with Gasteiger partial charge in [-0.25, -0.2) is 9.37 Å². The number of carboxylic acid groups (broad SMARTS) is 1. The first-order valence-electron chi connectivity index (χ1n) is 6.22. The van der Waals surface area contributed by atoms with Crippen LogP contribution in [0.3, 0.4) is 0 Å². The zero-order chi connectivity index (χ0) is 15.1. The Morgan fingerprint density at radius 1 is 1.55 bits per heavy atom. The van der Waals surface area contributed by atoms with Crippen LogP contribution < -0.4 is 0 Å². The number of hydrogen-bond donors (Lipinski definition) is 1. The van der Waals surface area contributed by atoms with Crippen LogP contribution in [0, 0.1) is 17.2 Å². The maximum atomic E-state index is 13.2. The van der Waals surface area contributed by atoms with Crippen molar-refractivity contribution in [2.24, 2.45) is 11.3 Å². The molecule has 1 aromatic carbocycles. The Morgan fingerprint density at radius 2 is 2.20 bits per heavy atom. The van der Waals surface area contributed by atoms with Gasteiger partial charge in [0.2, 0.25) is 0 Å². The molecule has 1 atom stereocenters. The zero-order valence-corrected chi connectivity index (χ0v) is 12.2. The van der Waals surface area contributed by atoms with Crippen molar-refractivity contribution in [3.8, 4) is 0 Å². The Bertz CT molecular complexity index is 668. The van der Waals surface area contributed by atoms with Gasteiger partial charge in [-0.3, -0.25) is 4.79 Å². The lowest BCUT2D eigenvalue weighted by atomic mass is 9.76. The standard InChI is InChI=1S/C14H15ClFNO3/c1-7(2)14(3,13(18)19)6-11-17-10-5-8(16)4-9(15)12(10)20-11/h4-5,7H,6H2,1-3H3,(H,18,19). The van der Waals surface area contributed by atoms with E-state index in [1.807, 2.05) is 13.8 Å². The molecule has 0 bridgehead atoms. The smallest absolute Gasteiger partial charge is 0.310 e. The van der Waals surface area contributed by atoms with E-state index in [9.17, 15) is 14.3 Å². The largest absolute Gasteiger partial charge is 0.481 e. The molecular weight excluding hydrogens is 285 g/mol. The van der Waals surface area contributed by atoms with Crippen molar-refractivity contribution >= 4 is 28.7 Å². The molecule has 0 aliphatic carbocycles. The van der Waals surface area contributed by atoms with E-state index >= 15 is 0 Å². The van der Waals surface area contributed by atoms with Gasteiger partial charge in [-0.2, -0.15) is 0 Å². The number of fused-ring (bicyclic) bond motifs is 1. The normalized spacial score (nSPS) is 14.7. The number of benzene rings is 1. The molecule has 0 amide bonds. The monoisotopic (exact) mass is 299 g/mol. The first kappa shape index (κ1) is 14.8. The summed E-state index contributed by atoms with van der Waals surface area (Å²) in [4.78, 5) is 15.6. The highest BCUT2D eigenvalue weighted by molar-refractivity contribution is 6.34. The molecule has 6 heteroatoms. The Balaban J connectivity index is 2.44. The molecule has 1 heterocycles. The fraction of sp³-hybridized carbons (Fsp3) is 0.429. The predicted octanol–water partition coefficient (Wildman–Crippen LogP) is 3.91. The molecule has 20 heavy (non-hydrogen) atoms. The molecule has 0 aliphatic rings. The summed E-state index contributed by atoms with van der Waals surface area (Å²) >= 11 is 5.88. The summed E-state index contributed by atoms with van der Waals surface area (Å²) in [5.41, 5.74) is -0.438. The lowest BCUT2D eigenvalue weighted by Crippen LogP contribution is -2.35. The zero-order valence-electron chi connectivity index (χ0n) is 11.4. The minimum atomic E-state index is -1.01. The molecule has 108 valence electrons. The van der Waals surface area contributed by atoms with Gasteiger partial charge in [0.25, 0.3) is 0 Å². The van der Waals surface area contributed by atoms with Gasteiger partial charge in [-0.15, -0.1) is 0 Å². The van der Waals surface area contributed by atoms with Crippen LogP contribution in [0.1, 0.15) is 26.7 Å². The van der Waals surface area contributed by atoms with Crippen molar-refractivity contribution in [1.82, 2.24) is 4.98 Å². The number of rotatable bonds is 4. The van der Waals surface area contributed by atoms with Gasteiger partial charge in [0, 0.05) is 12.5 Å². The van der Waals surface area contributed by atoms with Crippen LogP contribution >= 0.6 is 11.6 Å². The number of aliphatic carboxylic acids is 1. The number of halogens is 2. The van der Waals surface area contributed by atoms with Crippen molar-refractivity contribution < 1.29 is 18.7 Å². The molecule has 1 aromatic heterocycles. The highest BCUT2D eigenvalue weighted by Crippen LogP contribution is 2.33.